The predicted molar refractivity (Wildman–Crippen MR) is 66.0 cm³/mol. The molecule has 1 aromatic rings. The summed E-state index contributed by atoms with van der Waals surface area (Å²) in [6.45, 7) is 2.89. The van der Waals surface area contributed by atoms with E-state index >= 15 is 0 Å². The Bertz CT molecular complexity index is 459. The first-order valence-electron chi connectivity index (χ1n) is 5.60. The highest BCUT2D eigenvalue weighted by Crippen LogP contribution is 1.99. The summed E-state index contributed by atoms with van der Waals surface area (Å²) in [6, 6.07) is 0. The Morgan fingerprint density at radius 2 is 2.17 bits per heavy atom. The Kier molecular flexibility index (Phi) is 5.66. The van der Waals surface area contributed by atoms with Gasteiger partial charge in [0, 0.05) is 20.5 Å². The van der Waals surface area contributed by atoms with Gasteiger partial charge in [-0.25, -0.2) is 0 Å². The van der Waals surface area contributed by atoms with Crippen molar-refractivity contribution in [1.82, 2.24) is 24.5 Å². The zero-order valence-corrected chi connectivity index (χ0v) is 11.6. The van der Waals surface area contributed by atoms with Gasteiger partial charge in [0.25, 0.3) is 10.2 Å². The Labute approximate surface area is 107 Å². The predicted octanol–water partition coefficient (Wildman–Crippen LogP) is -0.746. The smallest absolute Gasteiger partial charge is 0.279 e. The molecule has 0 amide bonds. The Balaban J connectivity index is 2.43. The van der Waals surface area contributed by atoms with Gasteiger partial charge < -0.3 is 9.84 Å². The zero-order valence-electron chi connectivity index (χ0n) is 10.8. The monoisotopic (exact) mass is 277 g/mol. The second-order valence-corrected chi connectivity index (χ2v) is 5.70. The van der Waals surface area contributed by atoms with Crippen LogP contribution < -0.4 is 10.0 Å². The van der Waals surface area contributed by atoms with Crippen LogP contribution in [0.5, 0.6) is 0 Å². The van der Waals surface area contributed by atoms with Crippen LogP contribution in [0.15, 0.2) is 4.52 Å². The molecule has 0 spiro atoms. The highest BCUT2D eigenvalue weighted by molar-refractivity contribution is 7.87. The van der Waals surface area contributed by atoms with Crippen molar-refractivity contribution >= 4 is 10.2 Å². The lowest BCUT2D eigenvalue weighted by molar-refractivity contribution is 0.386. The minimum Gasteiger partial charge on any atom is -0.340 e. The highest BCUT2D eigenvalue weighted by Gasteiger charge is 2.17. The quantitative estimate of drug-likeness (QED) is 0.607. The maximum Gasteiger partial charge on any atom is 0.279 e. The van der Waals surface area contributed by atoms with Crippen LogP contribution in [-0.4, -0.2) is 50.0 Å². The summed E-state index contributed by atoms with van der Waals surface area (Å²) in [5.41, 5.74) is 0. The first-order chi connectivity index (χ1) is 8.45. The van der Waals surface area contributed by atoms with E-state index in [2.05, 4.69) is 20.2 Å². The number of nitrogens with one attached hydrogen (secondary N) is 2. The average molecular weight is 277 g/mol. The van der Waals surface area contributed by atoms with Crippen LogP contribution in [0.25, 0.3) is 0 Å². The summed E-state index contributed by atoms with van der Waals surface area (Å²) in [5.74, 6) is 0.728. The van der Waals surface area contributed by atoms with E-state index in [4.69, 9.17) is 4.52 Å². The summed E-state index contributed by atoms with van der Waals surface area (Å²) in [7, 11) is -0.144. The van der Waals surface area contributed by atoms with E-state index in [1.165, 1.54) is 11.4 Å². The van der Waals surface area contributed by atoms with Crippen molar-refractivity contribution in [3.63, 3.8) is 0 Å². The minimum atomic E-state index is -3.50. The number of aryl methyl sites for hydroxylation is 1. The Morgan fingerprint density at radius 1 is 1.44 bits per heavy atom. The van der Waals surface area contributed by atoms with Crippen LogP contribution in [0.1, 0.15) is 18.1 Å². The first kappa shape index (κ1) is 15.0. The SMILES string of the molecule is CNCCCN(C)S(=O)(=O)NCc1noc(C)n1. The van der Waals surface area contributed by atoms with E-state index < -0.39 is 10.2 Å². The topological polar surface area (TPSA) is 100 Å². The van der Waals surface area contributed by atoms with Gasteiger partial charge in [-0.15, -0.1) is 0 Å². The zero-order chi connectivity index (χ0) is 13.6. The second kappa shape index (κ2) is 6.78. The molecule has 0 aliphatic carbocycles. The number of aromatic nitrogens is 2. The van der Waals surface area contributed by atoms with Gasteiger partial charge in [0.1, 0.15) is 0 Å². The molecule has 2 N–H and O–H groups in total. The largest absolute Gasteiger partial charge is 0.340 e. The van der Waals surface area contributed by atoms with Gasteiger partial charge >= 0.3 is 0 Å². The average Bonchev–Trinajstić information content (AvgIpc) is 2.73. The third kappa shape index (κ3) is 4.69. The van der Waals surface area contributed by atoms with Crippen molar-refractivity contribution in [2.24, 2.45) is 0 Å². The van der Waals surface area contributed by atoms with Crippen molar-refractivity contribution in [1.29, 1.82) is 0 Å². The fourth-order valence-electron chi connectivity index (χ4n) is 1.28. The van der Waals surface area contributed by atoms with Gasteiger partial charge in [0.2, 0.25) is 5.89 Å². The van der Waals surface area contributed by atoms with Crippen LogP contribution in [0.3, 0.4) is 0 Å². The maximum absolute atomic E-state index is 11.8. The van der Waals surface area contributed by atoms with Crippen LogP contribution in [0, 0.1) is 6.92 Å². The van der Waals surface area contributed by atoms with Crippen molar-refractivity contribution in [3.05, 3.63) is 11.7 Å². The molecule has 0 aliphatic rings. The van der Waals surface area contributed by atoms with Gasteiger partial charge in [-0.2, -0.15) is 22.4 Å². The number of rotatable bonds is 8. The van der Waals surface area contributed by atoms with Crippen LogP contribution >= 0.6 is 0 Å². The van der Waals surface area contributed by atoms with Crippen molar-refractivity contribution in [3.8, 4) is 0 Å². The third-order valence-electron chi connectivity index (χ3n) is 2.29. The van der Waals surface area contributed by atoms with Gasteiger partial charge in [0.15, 0.2) is 5.82 Å². The van der Waals surface area contributed by atoms with Crippen LogP contribution in [0.4, 0.5) is 0 Å². The molecule has 1 aromatic heterocycles. The lowest BCUT2D eigenvalue weighted by Crippen LogP contribution is -2.39. The molecule has 0 atom stereocenters. The molecular weight excluding hydrogens is 258 g/mol. The minimum absolute atomic E-state index is 0.0239. The van der Waals surface area contributed by atoms with Crippen molar-refractivity contribution in [2.75, 3.05) is 27.2 Å². The van der Waals surface area contributed by atoms with E-state index in [0.29, 0.717) is 18.3 Å². The molecule has 0 saturated carbocycles. The lowest BCUT2D eigenvalue weighted by atomic mass is 10.4. The molecule has 0 aromatic carbocycles. The number of nitrogens with zero attached hydrogens (tertiary/aromatic N) is 3. The van der Waals surface area contributed by atoms with Gasteiger partial charge in [0.05, 0.1) is 6.54 Å². The second-order valence-electron chi connectivity index (χ2n) is 3.83. The van der Waals surface area contributed by atoms with Crippen LogP contribution in [0.2, 0.25) is 0 Å². The number of hydrogen-bond acceptors (Lipinski definition) is 6. The maximum atomic E-state index is 11.8. The Morgan fingerprint density at radius 3 is 2.72 bits per heavy atom. The van der Waals surface area contributed by atoms with E-state index in [9.17, 15) is 8.42 Å². The van der Waals surface area contributed by atoms with Gasteiger partial charge in [-0.3, -0.25) is 0 Å². The molecule has 0 fully saturated rings. The molecular formula is C9H19N5O3S. The normalized spacial score (nSPS) is 12.2. The number of hydrogen-bond donors (Lipinski definition) is 2. The van der Waals surface area contributed by atoms with E-state index in [1.54, 1.807) is 6.92 Å². The summed E-state index contributed by atoms with van der Waals surface area (Å²) < 4.78 is 32.0. The summed E-state index contributed by atoms with van der Waals surface area (Å²) in [4.78, 5) is 3.92. The first-order valence-corrected chi connectivity index (χ1v) is 7.04. The molecule has 0 radical (unpaired) electrons. The molecule has 0 unspecified atom stereocenters. The molecule has 0 bridgehead atoms. The van der Waals surface area contributed by atoms with Crippen molar-refractivity contribution < 1.29 is 12.9 Å². The molecule has 0 aliphatic heterocycles. The fourth-order valence-corrected chi connectivity index (χ4v) is 2.18. The molecule has 18 heavy (non-hydrogen) atoms. The lowest BCUT2D eigenvalue weighted by Gasteiger charge is -2.16. The summed E-state index contributed by atoms with van der Waals surface area (Å²) in [6.07, 6.45) is 0.745. The van der Waals surface area contributed by atoms with Gasteiger partial charge in [-0.1, -0.05) is 5.16 Å². The molecule has 8 nitrogen and oxygen atoms in total. The van der Waals surface area contributed by atoms with Crippen LogP contribution in [-0.2, 0) is 16.8 Å². The van der Waals surface area contributed by atoms with E-state index in [-0.39, 0.29) is 6.54 Å². The molecule has 0 saturated heterocycles. The summed E-state index contributed by atoms with van der Waals surface area (Å²) in [5, 5.41) is 6.57. The summed E-state index contributed by atoms with van der Waals surface area (Å²) >= 11 is 0. The highest BCUT2D eigenvalue weighted by atomic mass is 32.2. The molecule has 9 heteroatoms. The third-order valence-corrected chi connectivity index (χ3v) is 3.80. The Hall–Kier alpha value is -1.03. The standard InChI is InChI=1S/C9H19N5O3S/c1-8-12-9(13-17-8)7-11-18(15,16)14(3)6-4-5-10-2/h10-11H,4-7H2,1-3H3. The molecule has 1 rings (SSSR count). The van der Waals surface area contributed by atoms with Gasteiger partial charge in [-0.05, 0) is 20.0 Å². The van der Waals surface area contributed by atoms with Crippen molar-refractivity contribution in [2.45, 2.75) is 19.9 Å². The molecule has 104 valence electrons. The van der Waals surface area contributed by atoms with E-state index in [1.807, 2.05) is 7.05 Å². The molecule has 1 heterocycles. The van der Waals surface area contributed by atoms with E-state index in [0.717, 1.165) is 13.0 Å². The fraction of sp³-hybridized carbons (Fsp3) is 0.778.